The molecule has 2 aromatic rings. The van der Waals surface area contributed by atoms with Gasteiger partial charge in [0, 0.05) is 29.5 Å². The largest absolute Gasteiger partial charge is 0.497 e. The van der Waals surface area contributed by atoms with E-state index in [1.54, 1.807) is 25.6 Å². The van der Waals surface area contributed by atoms with Crippen LogP contribution in [-0.4, -0.2) is 32.3 Å². The summed E-state index contributed by atoms with van der Waals surface area (Å²) < 4.78 is 10.7. The molecule has 1 atom stereocenters. The van der Waals surface area contributed by atoms with Crippen molar-refractivity contribution in [3.63, 3.8) is 0 Å². The highest BCUT2D eigenvalue weighted by Gasteiger charge is 2.19. The van der Waals surface area contributed by atoms with Crippen LogP contribution in [0.3, 0.4) is 0 Å². The number of rotatable bonds is 4. The molecule has 1 N–H and O–H groups in total. The molecule has 2 heterocycles. The molecule has 1 unspecified atom stereocenters. The van der Waals surface area contributed by atoms with Crippen LogP contribution in [0.4, 0.5) is 0 Å². The second-order valence-corrected chi connectivity index (χ2v) is 6.07. The number of methoxy groups -OCH3 is 2. The quantitative estimate of drug-likeness (QED) is 0.941. The average Bonchev–Trinajstić information content (AvgIpc) is 3.04. The van der Waals surface area contributed by atoms with Crippen molar-refractivity contribution in [2.75, 3.05) is 27.3 Å². The number of nitrogens with one attached hydrogen (secondary N) is 1. The van der Waals surface area contributed by atoms with Gasteiger partial charge >= 0.3 is 0 Å². The molecule has 1 aliphatic rings. The highest BCUT2D eigenvalue weighted by Crippen LogP contribution is 2.36. The summed E-state index contributed by atoms with van der Waals surface area (Å²) in [6.45, 7) is 2.16. The van der Waals surface area contributed by atoms with Gasteiger partial charge in [-0.05, 0) is 31.5 Å². The number of nitrogens with zero attached hydrogens (tertiary/aromatic N) is 1. The van der Waals surface area contributed by atoms with Crippen molar-refractivity contribution in [2.45, 2.75) is 18.8 Å². The normalized spacial score (nSPS) is 18.5. The first-order chi connectivity index (χ1) is 10.3. The Balaban J connectivity index is 1.88. The van der Waals surface area contributed by atoms with Gasteiger partial charge in [0.25, 0.3) is 0 Å². The zero-order valence-electron chi connectivity index (χ0n) is 12.4. The predicted molar refractivity (Wildman–Crippen MR) is 85.5 cm³/mol. The SMILES string of the molecule is COc1ccc(-c2csc(C3CCCNC3)n2)c(OC)c1. The fraction of sp³-hybridized carbons (Fsp3) is 0.438. The van der Waals surface area contributed by atoms with Crippen LogP contribution in [0.2, 0.25) is 0 Å². The van der Waals surface area contributed by atoms with E-state index < -0.39 is 0 Å². The van der Waals surface area contributed by atoms with Crippen LogP contribution in [0.1, 0.15) is 23.8 Å². The molecule has 3 rings (SSSR count). The molecule has 0 aliphatic carbocycles. The van der Waals surface area contributed by atoms with Crippen LogP contribution >= 0.6 is 11.3 Å². The van der Waals surface area contributed by atoms with Gasteiger partial charge in [-0.3, -0.25) is 0 Å². The topological polar surface area (TPSA) is 43.4 Å². The Morgan fingerprint density at radius 3 is 2.90 bits per heavy atom. The first-order valence-corrected chi connectivity index (χ1v) is 8.08. The molecule has 1 aliphatic heterocycles. The zero-order chi connectivity index (χ0) is 14.7. The van der Waals surface area contributed by atoms with E-state index in [4.69, 9.17) is 14.5 Å². The van der Waals surface area contributed by atoms with E-state index in [2.05, 4.69) is 10.7 Å². The zero-order valence-corrected chi connectivity index (χ0v) is 13.2. The number of benzene rings is 1. The van der Waals surface area contributed by atoms with E-state index in [1.807, 2.05) is 18.2 Å². The third kappa shape index (κ3) is 3.04. The Labute approximate surface area is 129 Å². The van der Waals surface area contributed by atoms with Gasteiger partial charge in [-0.1, -0.05) is 0 Å². The molecule has 112 valence electrons. The van der Waals surface area contributed by atoms with Gasteiger partial charge in [0.15, 0.2) is 0 Å². The maximum atomic E-state index is 5.47. The predicted octanol–water partition coefficient (Wildman–Crippen LogP) is 3.29. The summed E-state index contributed by atoms with van der Waals surface area (Å²) in [5.74, 6) is 2.14. The summed E-state index contributed by atoms with van der Waals surface area (Å²) in [7, 11) is 3.34. The Bertz CT molecular complexity index is 606. The lowest BCUT2D eigenvalue weighted by Crippen LogP contribution is -2.28. The minimum Gasteiger partial charge on any atom is -0.497 e. The van der Waals surface area contributed by atoms with Crippen molar-refractivity contribution in [3.8, 4) is 22.8 Å². The van der Waals surface area contributed by atoms with Crippen molar-refractivity contribution in [1.82, 2.24) is 10.3 Å². The second-order valence-electron chi connectivity index (χ2n) is 5.18. The van der Waals surface area contributed by atoms with Gasteiger partial charge in [0.1, 0.15) is 11.5 Å². The van der Waals surface area contributed by atoms with Crippen LogP contribution < -0.4 is 14.8 Å². The summed E-state index contributed by atoms with van der Waals surface area (Å²) in [5, 5.41) is 6.78. The number of piperidine rings is 1. The number of ether oxygens (including phenoxy) is 2. The summed E-state index contributed by atoms with van der Waals surface area (Å²) in [6.07, 6.45) is 2.45. The van der Waals surface area contributed by atoms with Crippen molar-refractivity contribution >= 4 is 11.3 Å². The molecule has 0 saturated carbocycles. The Morgan fingerprint density at radius 2 is 2.19 bits per heavy atom. The third-order valence-electron chi connectivity index (χ3n) is 3.85. The summed E-state index contributed by atoms with van der Waals surface area (Å²) in [4.78, 5) is 4.83. The van der Waals surface area contributed by atoms with Crippen LogP contribution in [0.15, 0.2) is 23.6 Å². The number of thiazole rings is 1. The van der Waals surface area contributed by atoms with Crippen molar-refractivity contribution in [3.05, 3.63) is 28.6 Å². The molecule has 0 amide bonds. The Kier molecular flexibility index (Phi) is 4.41. The van der Waals surface area contributed by atoms with Crippen LogP contribution in [-0.2, 0) is 0 Å². The number of hydrogen-bond acceptors (Lipinski definition) is 5. The van der Waals surface area contributed by atoms with Crippen molar-refractivity contribution < 1.29 is 9.47 Å². The maximum absolute atomic E-state index is 5.47. The van der Waals surface area contributed by atoms with Crippen LogP contribution in [0, 0.1) is 0 Å². The summed E-state index contributed by atoms with van der Waals surface area (Å²) in [6, 6.07) is 5.85. The fourth-order valence-corrected chi connectivity index (χ4v) is 3.63. The number of aromatic nitrogens is 1. The van der Waals surface area contributed by atoms with E-state index in [0.717, 1.165) is 35.8 Å². The molecule has 0 bridgehead atoms. The minimum absolute atomic E-state index is 0.543. The Hall–Kier alpha value is -1.59. The third-order valence-corrected chi connectivity index (χ3v) is 4.86. The van der Waals surface area contributed by atoms with E-state index in [-0.39, 0.29) is 0 Å². The molecule has 1 aromatic carbocycles. The molecular formula is C16H20N2O2S. The molecule has 1 aromatic heterocycles. The first kappa shape index (κ1) is 14.4. The average molecular weight is 304 g/mol. The van der Waals surface area contributed by atoms with Gasteiger partial charge in [-0.2, -0.15) is 0 Å². The van der Waals surface area contributed by atoms with E-state index >= 15 is 0 Å². The maximum Gasteiger partial charge on any atom is 0.131 e. The van der Waals surface area contributed by atoms with Gasteiger partial charge < -0.3 is 14.8 Å². The van der Waals surface area contributed by atoms with Gasteiger partial charge in [-0.15, -0.1) is 11.3 Å². The van der Waals surface area contributed by atoms with Crippen LogP contribution in [0.5, 0.6) is 11.5 Å². The van der Waals surface area contributed by atoms with Gasteiger partial charge in [-0.25, -0.2) is 4.98 Å². The standard InChI is InChI=1S/C16H20N2O2S/c1-19-12-5-6-13(15(8-12)20-2)14-10-21-16(18-14)11-4-3-7-17-9-11/h5-6,8,10-11,17H,3-4,7,9H2,1-2H3. The molecule has 0 radical (unpaired) electrons. The lowest BCUT2D eigenvalue weighted by atomic mass is 10.0. The van der Waals surface area contributed by atoms with E-state index in [0.29, 0.717) is 5.92 Å². The first-order valence-electron chi connectivity index (χ1n) is 7.20. The molecule has 4 nitrogen and oxygen atoms in total. The van der Waals surface area contributed by atoms with Crippen molar-refractivity contribution in [1.29, 1.82) is 0 Å². The fourth-order valence-electron chi connectivity index (χ4n) is 2.67. The molecule has 1 fully saturated rings. The van der Waals surface area contributed by atoms with Crippen LogP contribution in [0.25, 0.3) is 11.3 Å². The summed E-state index contributed by atoms with van der Waals surface area (Å²) in [5.41, 5.74) is 2.00. The van der Waals surface area contributed by atoms with E-state index in [1.165, 1.54) is 17.8 Å². The van der Waals surface area contributed by atoms with Gasteiger partial charge in [0.2, 0.25) is 0 Å². The number of hydrogen-bond donors (Lipinski definition) is 1. The second kappa shape index (κ2) is 6.45. The highest BCUT2D eigenvalue weighted by atomic mass is 32.1. The smallest absolute Gasteiger partial charge is 0.131 e. The molecule has 5 heteroatoms. The minimum atomic E-state index is 0.543. The lowest BCUT2D eigenvalue weighted by molar-refractivity contribution is 0.395. The highest BCUT2D eigenvalue weighted by molar-refractivity contribution is 7.10. The molecule has 21 heavy (non-hydrogen) atoms. The summed E-state index contributed by atoms with van der Waals surface area (Å²) >= 11 is 1.74. The molecule has 0 spiro atoms. The van der Waals surface area contributed by atoms with Gasteiger partial charge in [0.05, 0.1) is 24.9 Å². The molecule has 1 saturated heterocycles. The van der Waals surface area contributed by atoms with E-state index in [9.17, 15) is 0 Å². The van der Waals surface area contributed by atoms with Crippen molar-refractivity contribution in [2.24, 2.45) is 0 Å². The molecular weight excluding hydrogens is 284 g/mol. The monoisotopic (exact) mass is 304 g/mol. The lowest BCUT2D eigenvalue weighted by Gasteiger charge is -2.20. The Morgan fingerprint density at radius 1 is 1.29 bits per heavy atom.